The van der Waals surface area contributed by atoms with Crippen LogP contribution in [0.3, 0.4) is 0 Å². The van der Waals surface area contributed by atoms with Gasteiger partial charge in [0.1, 0.15) is 5.75 Å². The molecule has 1 heterocycles. The average molecular weight is 307 g/mol. The minimum Gasteiger partial charge on any atom is -0.497 e. The van der Waals surface area contributed by atoms with Gasteiger partial charge in [-0.1, -0.05) is 36.9 Å². The second kappa shape index (κ2) is 5.76. The Hall–Kier alpha value is -2.81. The monoisotopic (exact) mass is 307 g/mol. The average Bonchev–Trinajstić information content (AvgIpc) is 2.78. The lowest BCUT2D eigenvalue weighted by molar-refractivity contribution is -0.131. The van der Waals surface area contributed by atoms with Gasteiger partial charge in [0.15, 0.2) is 5.60 Å². The second-order valence-corrected chi connectivity index (χ2v) is 5.37. The molecule has 0 aromatic heterocycles. The van der Waals surface area contributed by atoms with Crippen LogP contribution in [0.25, 0.3) is 0 Å². The van der Waals surface area contributed by atoms with Gasteiger partial charge >= 0.3 is 0 Å². The van der Waals surface area contributed by atoms with Gasteiger partial charge in [-0.3, -0.25) is 4.79 Å². The molecule has 0 radical (unpaired) electrons. The summed E-state index contributed by atoms with van der Waals surface area (Å²) < 4.78 is 5.21. The molecule has 1 aliphatic heterocycles. The van der Waals surface area contributed by atoms with E-state index in [4.69, 9.17) is 4.74 Å². The van der Waals surface area contributed by atoms with Crippen molar-refractivity contribution in [1.29, 1.82) is 0 Å². The topological polar surface area (TPSA) is 49.8 Å². The molecule has 0 bridgehead atoms. The summed E-state index contributed by atoms with van der Waals surface area (Å²) in [5.41, 5.74) is 2.89. The van der Waals surface area contributed by atoms with Crippen molar-refractivity contribution in [2.75, 3.05) is 12.0 Å². The van der Waals surface area contributed by atoms with Crippen molar-refractivity contribution in [2.24, 2.45) is 0 Å². The van der Waals surface area contributed by atoms with Crippen LogP contribution in [0, 0.1) is 0 Å². The SMILES string of the molecule is C=C=CC1(O)C(=O)N(Cc2ccccc2)c2ccc(OC)cc21. The molecule has 2 aromatic carbocycles. The third-order valence-corrected chi connectivity index (χ3v) is 3.97. The number of fused-ring (bicyclic) bond motifs is 1. The molecule has 2 aromatic rings. The lowest BCUT2D eigenvalue weighted by atomic mass is 9.95. The van der Waals surface area contributed by atoms with Crippen LogP contribution in [-0.4, -0.2) is 18.1 Å². The molecule has 0 saturated heterocycles. The van der Waals surface area contributed by atoms with E-state index in [2.05, 4.69) is 12.3 Å². The van der Waals surface area contributed by atoms with E-state index in [9.17, 15) is 9.90 Å². The maximum Gasteiger partial charge on any atom is 0.268 e. The molecule has 4 nitrogen and oxygen atoms in total. The van der Waals surface area contributed by atoms with Crippen LogP contribution in [0.15, 0.2) is 66.9 Å². The van der Waals surface area contributed by atoms with E-state index in [-0.39, 0.29) is 0 Å². The van der Waals surface area contributed by atoms with Gasteiger partial charge in [-0.2, -0.15) is 0 Å². The zero-order chi connectivity index (χ0) is 16.4. The molecule has 1 atom stereocenters. The predicted molar refractivity (Wildman–Crippen MR) is 88.2 cm³/mol. The first-order chi connectivity index (χ1) is 11.1. The van der Waals surface area contributed by atoms with E-state index in [0.717, 1.165) is 5.56 Å². The first-order valence-corrected chi connectivity index (χ1v) is 7.24. The molecule has 1 aliphatic rings. The van der Waals surface area contributed by atoms with Gasteiger partial charge in [0.05, 0.1) is 19.3 Å². The van der Waals surface area contributed by atoms with Gasteiger partial charge < -0.3 is 14.7 Å². The Morgan fingerprint density at radius 3 is 2.70 bits per heavy atom. The first-order valence-electron chi connectivity index (χ1n) is 7.24. The fourth-order valence-electron chi connectivity index (χ4n) is 2.82. The fourth-order valence-corrected chi connectivity index (χ4v) is 2.82. The molecular formula is C19H17NO3. The number of aliphatic hydroxyl groups is 1. The Morgan fingerprint density at radius 1 is 1.30 bits per heavy atom. The lowest BCUT2D eigenvalue weighted by Gasteiger charge is -2.20. The van der Waals surface area contributed by atoms with Crippen LogP contribution < -0.4 is 9.64 Å². The number of hydrogen-bond donors (Lipinski definition) is 1. The van der Waals surface area contributed by atoms with Crippen molar-refractivity contribution in [3.05, 3.63) is 78.0 Å². The number of benzene rings is 2. The van der Waals surface area contributed by atoms with Crippen LogP contribution in [0.2, 0.25) is 0 Å². The van der Waals surface area contributed by atoms with Gasteiger partial charge in [0.25, 0.3) is 5.91 Å². The van der Waals surface area contributed by atoms with Crippen LogP contribution in [0.4, 0.5) is 5.69 Å². The Morgan fingerprint density at radius 2 is 2.04 bits per heavy atom. The number of carbonyl (C=O) groups excluding carboxylic acids is 1. The molecule has 0 fully saturated rings. The minimum atomic E-state index is -1.76. The van der Waals surface area contributed by atoms with Crippen LogP contribution in [-0.2, 0) is 16.9 Å². The number of amides is 1. The second-order valence-electron chi connectivity index (χ2n) is 5.37. The van der Waals surface area contributed by atoms with Crippen molar-refractivity contribution in [1.82, 2.24) is 0 Å². The maximum atomic E-state index is 12.8. The number of nitrogens with zero attached hydrogens (tertiary/aromatic N) is 1. The maximum absolute atomic E-state index is 12.8. The van der Waals surface area contributed by atoms with E-state index < -0.39 is 11.5 Å². The molecular weight excluding hydrogens is 290 g/mol. The highest BCUT2D eigenvalue weighted by Gasteiger charge is 2.48. The van der Waals surface area contributed by atoms with Crippen LogP contribution >= 0.6 is 0 Å². The molecule has 4 heteroatoms. The highest BCUT2D eigenvalue weighted by atomic mass is 16.5. The van der Waals surface area contributed by atoms with E-state index in [1.54, 1.807) is 30.2 Å². The van der Waals surface area contributed by atoms with Crippen molar-refractivity contribution in [2.45, 2.75) is 12.1 Å². The Kier molecular flexibility index (Phi) is 3.78. The smallest absolute Gasteiger partial charge is 0.268 e. The van der Waals surface area contributed by atoms with E-state index in [1.807, 2.05) is 30.3 Å². The molecule has 3 rings (SSSR count). The summed E-state index contributed by atoms with van der Waals surface area (Å²) in [4.78, 5) is 14.4. The standard InChI is InChI=1S/C19H17NO3/c1-3-11-19(22)16-12-15(23-2)9-10-17(16)20(18(19)21)13-14-7-5-4-6-8-14/h4-12,22H,1,13H2,2H3. The van der Waals surface area contributed by atoms with Gasteiger partial charge in [-0.15, -0.1) is 5.73 Å². The molecule has 1 N–H and O–H groups in total. The van der Waals surface area contributed by atoms with Crippen LogP contribution in [0.1, 0.15) is 11.1 Å². The quantitative estimate of drug-likeness (QED) is 0.884. The molecule has 1 unspecified atom stereocenters. The van der Waals surface area contributed by atoms with E-state index in [1.165, 1.54) is 6.08 Å². The molecule has 0 aliphatic carbocycles. The minimum absolute atomic E-state index is 0.381. The van der Waals surface area contributed by atoms with E-state index in [0.29, 0.717) is 23.5 Å². The number of rotatable bonds is 4. The molecule has 116 valence electrons. The third-order valence-electron chi connectivity index (χ3n) is 3.97. The van der Waals surface area contributed by atoms with Gasteiger partial charge in [0, 0.05) is 11.6 Å². The Balaban J connectivity index is 2.10. The van der Waals surface area contributed by atoms with Gasteiger partial charge in [-0.25, -0.2) is 0 Å². The van der Waals surface area contributed by atoms with Crippen LogP contribution in [0.5, 0.6) is 5.75 Å². The number of carbonyl (C=O) groups is 1. The lowest BCUT2D eigenvalue weighted by Crippen LogP contribution is -2.38. The summed E-state index contributed by atoms with van der Waals surface area (Å²) in [5.74, 6) is 0.162. The normalized spacial score (nSPS) is 19.2. The summed E-state index contributed by atoms with van der Waals surface area (Å²) in [6.45, 7) is 3.87. The van der Waals surface area contributed by atoms with Gasteiger partial charge in [0.2, 0.25) is 0 Å². The highest BCUT2D eigenvalue weighted by Crippen LogP contribution is 2.43. The predicted octanol–water partition coefficient (Wildman–Crippen LogP) is 2.77. The van der Waals surface area contributed by atoms with Gasteiger partial charge in [-0.05, 0) is 23.8 Å². The van der Waals surface area contributed by atoms with Crippen molar-refractivity contribution in [3.8, 4) is 5.75 Å². The Bertz CT molecular complexity index is 794. The zero-order valence-corrected chi connectivity index (χ0v) is 12.8. The van der Waals surface area contributed by atoms with Crippen molar-refractivity contribution in [3.63, 3.8) is 0 Å². The first kappa shape index (κ1) is 15.1. The summed E-state index contributed by atoms with van der Waals surface area (Å²) in [7, 11) is 1.54. The van der Waals surface area contributed by atoms with Crippen molar-refractivity contribution >= 4 is 11.6 Å². The highest BCUT2D eigenvalue weighted by molar-refractivity contribution is 6.08. The number of ether oxygens (including phenoxy) is 1. The van der Waals surface area contributed by atoms with E-state index >= 15 is 0 Å². The largest absolute Gasteiger partial charge is 0.497 e. The Labute approximate surface area is 134 Å². The number of methoxy groups -OCH3 is 1. The summed E-state index contributed by atoms with van der Waals surface area (Å²) in [6.07, 6.45) is 1.29. The fraction of sp³-hybridized carbons (Fsp3) is 0.158. The summed E-state index contributed by atoms with van der Waals surface area (Å²) in [6, 6.07) is 14.9. The number of anilines is 1. The summed E-state index contributed by atoms with van der Waals surface area (Å²) >= 11 is 0. The zero-order valence-electron chi connectivity index (χ0n) is 12.8. The molecule has 1 amide bonds. The molecule has 23 heavy (non-hydrogen) atoms. The third kappa shape index (κ3) is 2.44. The van der Waals surface area contributed by atoms with Crippen molar-refractivity contribution < 1.29 is 14.6 Å². The molecule has 0 spiro atoms. The number of hydrogen-bond acceptors (Lipinski definition) is 3. The summed E-state index contributed by atoms with van der Waals surface area (Å²) in [5, 5.41) is 10.9. The molecule has 0 saturated carbocycles.